The summed E-state index contributed by atoms with van der Waals surface area (Å²) in [6.07, 6.45) is 3.32. The van der Waals surface area contributed by atoms with E-state index in [0.717, 1.165) is 19.3 Å². The number of likely N-dealkylation sites (tertiary alicyclic amines) is 1. The fourth-order valence-corrected chi connectivity index (χ4v) is 3.24. The number of carboxylic acid groups (broad SMARTS) is 1. The zero-order valence-corrected chi connectivity index (χ0v) is 13.7. The number of carboxylic acids is 1. The van der Waals surface area contributed by atoms with Gasteiger partial charge in [-0.05, 0) is 38.2 Å². The molecule has 130 valence electrons. The molecular formula is C17H22N2O5. The number of carbonyl (C=O) groups excluding carboxylic acids is 1. The summed E-state index contributed by atoms with van der Waals surface area (Å²) in [5.41, 5.74) is 1.17. The molecular weight excluding hydrogens is 312 g/mol. The smallest absolute Gasteiger partial charge is 0.303 e. The molecule has 0 radical (unpaired) electrons. The van der Waals surface area contributed by atoms with Crippen molar-refractivity contribution < 1.29 is 19.6 Å². The first-order valence-corrected chi connectivity index (χ1v) is 8.14. The maximum Gasteiger partial charge on any atom is 0.303 e. The average Bonchev–Trinajstić information content (AvgIpc) is 2.54. The standard InChI is InChI=1S/C17H22N2O5/c1-12-13(5-4-7-15(12)19(23)24)11-16(20)18-10-3-2-6-14(18)8-9-17(21)22/h4-5,7,14H,2-3,6,8-11H2,1H3,(H,21,22). The molecule has 1 heterocycles. The van der Waals surface area contributed by atoms with Gasteiger partial charge in [0.2, 0.25) is 5.91 Å². The highest BCUT2D eigenvalue weighted by Crippen LogP contribution is 2.25. The van der Waals surface area contributed by atoms with Crippen molar-refractivity contribution in [1.82, 2.24) is 4.90 Å². The van der Waals surface area contributed by atoms with Crippen molar-refractivity contribution in [1.29, 1.82) is 0 Å². The Hall–Kier alpha value is -2.44. The summed E-state index contributed by atoms with van der Waals surface area (Å²) < 4.78 is 0. The molecule has 7 nitrogen and oxygen atoms in total. The van der Waals surface area contributed by atoms with Crippen LogP contribution >= 0.6 is 0 Å². The van der Waals surface area contributed by atoms with Gasteiger partial charge in [0, 0.05) is 30.6 Å². The monoisotopic (exact) mass is 334 g/mol. The van der Waals surface area contributed by atoms with Crippen LogP contribution in [0.25, 0.3) is 0 Å². The van der Waals surface area contributed by atoms with E-state index in [2.05, 4.69) is 0 Å². The summed E-state index contributed by atoms with van der Waals surface area (Å²) in [5, 5.41) is 19.9. The van der Waals surface area contributed by atoms with Crippen LogP contribution in [0.1, 0.15) is 43.2 Å². The van der Waals surface area contributed by atoms with Crippen molar-refractivity contribution in [2.24, 2.45) is 0 Å². The van der Waals surface area contributed by atoms with E-state index in [1.165, 1.54) is 6.07 Å². The summed E-state index contributed by atoms with van der Waals surface area (Å²) in [7, 11) is 0. The SMILES string of the molecule is Cc1c(CC(=O)N2CCCCC2CCC(=O)O)cccc1[N+](=O)[O-]. The molecule has 1 aromatic rings. The molecule has 0 spiro atoms. The Labute approximate surface area is 140 Å². The van der Waals surface area contributed by atoms with E-state index >= 15 is 0 Å². The zero-order valence-electron chi connectivity index (χ0n) is 13.7. The van der Waals surface area contributed by atoms with Crippen LogP contribution in [-0.4, -0.2) is 39.4 Å². The van der Waals surface area contributed by atoms with E-state index in [9.17, 15) is 19.7 Å². The number of aliphatic carboxylic acids is 1. The third kappa shape index (κ3) is 4.31. The summed E-state index contributed by atoms with van der Waals surface area (Å²) in [4.78, 5) is 35.8. The topological polar surface area (TPSA) is 101 Å². The van der Waals surface area contributed by atoms with Gasteiger partial charge in [-0.1, -0.05) is 12.1 Å². The first-order valence-electron chi connectivity index (χ1n) is 8.14. The van der Waals surface area contributed by atoms with Crippen LogP contribution in [0.2, 0.25) is 0 Å². The van der Waals surface area contributed by atoms with Gasteiger partial charge in [0.15, 0.2) is 0 Å². The Kier molecular flexibility index (Phi) is 5.89. The second kappa shape index (κ2) is 7.90. The number of nitro groups is 1. The van der Waals surface area contributed by atoms with Gasteiger partial charge in [-0.3, -0.25) is 19.7 Å². The molecule has 1 N–H and O–H groups in total. The normalized spacial score (nSPS) is 17.5. The lowest BCUT2D eigenvalue weighted by Gasteiger charge is -2.36. The Balaban J connectivity index is 2.11. The van der Waals surface area contributed by atoms with Crippen LogP contribution in [0, 0.1) is 17.0 Å². The zero-order chi connectivity index (χ0) is 17.7. The van der Waals surface area contributed by atoms with Crippen molar-refractivity contribution in [3.8, 4) is 0 Å². The fraction of sp³-hybridized carbons (Fsp3) is 0.529. The number of amides is 1. The van der Waals surface area contributed by atoms with E-state index in [-0.39, 0.29) is 30.5 Å². The Morgan fingerprint density at radius 3 is 2.79 bits per heavy atom. The second-order valence-corrected chi connectivity index (χ2v) is 6.16. The summed E-state index contributed by atoms with van der Waals surface area (Å²) in [6, 6.07) is 4.70. The number of nitro benzene ring substituents is 1. The Bertz CT molecular complexity index is 644. The molecule has 7 heteroatoms. The molecule has 24 heavy (non-hydrogen) atoms. The van der Waals surface area contributed by atoms with E-state index in [1.54, 1.807) is 24.0 Å². The molecule has 0 aromatic heterocycles. The summed E-state index contributed by atoms with van der Waals surface area (Å²) >= 11 is 0. The number of hydrogen-bond donors (Lipinski definition) is 1. The predicted octanol–water partition coefficient (Wildman–Crippen LogP) is 2.69. The predicted molar refractivity (Wildman–Crippen MR) is 87.8 cm³/mol. The molecule has 1 aliphatic heterocycles. The average molecular weight is 334 g/mol. The molecule has 2 rings (SSSR count). The minimum absolute atomic E-state index is 0.0152. The summed E-state index contributed by atoms with van der Waals surface area (Å²) in [6.45, 7) is 2.27. The highest BCUT2D eigenvalue weighted by Gasteiger charge is 2.27. The molecule has 1 saturated heterocycles. The van der Waals surface area contributed by atoms with Crippen LogP contribution < -0.4 is 0 Å². The molecule has 1 aromatic carbocycles. The number of piperidine rings is 1. The number of nitrogens with zero attached hydrogens (tertiary/aromatic N) is 2. The third-order valence-electron chi connectivity index (χ3n) is 4.59. The maximum absolute atomic E-state index is 12.7. The van der Waals surface area contributed by atoms with Crippen LogP contribution in [-0.2, 0) is 16.0 Å². The minimum Gasteiger partial charge on any atom is -0.481 e. The quantitative estimate of drug-likeness (QED) is 0.636. The van der Waals surface area contributed by atoms with Crippen molar-refractivity contribution in [3.63, 3.8) is 0 Å². The lowest BCUT2D eigenvalue weighted by Crippen LogP contribution is -2.44. The van der Waals surface area contributed by atoms with Gasteiger partial charge in [-0.25, -0.2) is 0 Å². The number of carbonyl (C=O) groups is 2. The van der Waals surface area contributed by atoms with Crippen molar-refractivity contribution >= 4 is 17.6 Å². The van der Waals surface area contributed by atoms with Crippen molar-refractivity contribution in [2.45, 2.75) is 51.5 Å². The lowest BCUT2D eigenvalue weighted by molar-refractivity contribution is -0.385. The van der Waals surface area contributed by atoms with Gasteiger partial charge < -0.3 is 10.0 Å². The molecule has 1 atom stereocenters. The molecule has 0 aliphatic carbocycles. The molecule has 1 aliphatic rings. The van der Waals surface area contributed by atoms with Gasteiger partial charge in [-0.15, -0.1) is 0 Å². The van der Waals surface area contributed by atoms with Crippen molar-refractivity contribution in [2.75, 3.05) is 6.54 Å². The Morgan fingerprint density at radius 2 is 2.12 bits per heavy atom. The second-order valence-electron chi connectivity index (χ2n) is 6.16. The van der Waals surface area contributed by atoms with E-state index in [1.807, 2.05) is 0 Å². The molecule has 1 amide bonds. The molecule has 1 fully saturated rings. The third-order valence-corrected chi connectivity index (χ3v) is 4.59. The number of hydrogen-bond acceptors (Lipinski definition) is 4. The summed E-state index contributed by atoms with van der Waals surface area (Å²) in [5.74, 6) is -0.948. The highest BCUT2D eigenvalue weighted by atomic mass is 16.6. The van der Waals surface area contributed by atoms with Crippen LogP contribution in [0.5, 0.6) is 0 Å². The Morgan fingerprint density at radius 1 is 1.38 bits per heavy atom. The van der Waals surface area contributed by atoms with Gasteiger partial charge in [-0.2, -0.15) is 0 Å². The van der Waals surface area contributed by atoms with Gasteiger partial charge in [0.05, 0.1) is 11.3 Å². The van der Waals surface area contributed by atoms with Crippen LogP contribution in [0.3, 0.4) is 0 Å². The van der Waals surface area contributed by atoms with Crippen molar-refractivity contribution in [3.05, 3.63) is 39.4 Å². The van der Waals surface area contributed by atoms with E-state index < -0.39 is 10.9 Å². The van der Waals surface area contributed by atoms with E-state index in [0.29, 0.717) is 24.1 Å². The first kappa shape index (κ1) is 17.9. The van der Waals surface area contributed by atoms with Gasteiger partial charge in [0.1, 0.15) is 0 Å². The van der Waals surface area contributed by atoms with Gasteiger partial charge in [0.25, 0.3) is 5.69 Å². The highest BCUT2D eigenvalue weighted by molar-refractivity contribution is 5.80. The molecule has 1 unspecified atom stereocenters. The number of rotatable bonds is 6. The maximum atomic E-state index is 12.7. The largest absolute Gasteiger partial charge is 0.481 e. The van der Waals surface area contributed by atoms with Crippen LogP contribution in [0.4, 0.5) is 5.69 Å². The molecule has 0 bridgehead atoms. The lowest BCUT2D eigenvalue weighted by atomic mass is 9.96. The number of benzene rings is 1. The minimum atomic E-state index is -0.859. The fourth-order valence-electron chi connectivity index (χ4n) is 3.24. The van der Waals surface area contributed by atoms with Gasteiger partial charge >= 0.3 is 5.97 Å². The molecule has 0 saturated carbocycles. The first-order chi connectivity index (χ1) is 11.4. The van der Waals surface area contributed by atoms with Crippen LogP contribution in [0.15, 0.2) is 18.2 Å². The van der Waals surface area contributed by atoms with E-state index in [4.69, 9.17) is 5.11 Å².